The zero-order valence-corrected chi connectivity index (χ0v) is 21.5. The van der Waals surface area contributed by atoms with E-state index in [0.717, 1.165) is 58.0 Å². The predicted octanol–water partition coefficient (Wildman–Crippen LogP) is 4.61. The summed E-state index contributed by atoms with van der Waals surface area (Å²) in [5.41, 5.74) is 4.72. The Morgan fingerprint density at radius 3 is 2.62 bits per heavy atom. The number of Topliss-reactive ketones (excluding diaryl/α,β-unsaturated/α-hetero) is 1. The van der Waals surface area contributed by atoms with Gasteiger partial charge in [0.1, 0.15) is 11.6 Å². The van der Waals surface area contributed by atoms with Crippen molar-refractivity contribution in [2.45, 2.75) is 26.3 Å². The summed E-state index contributed by atoms with van der Waals surface area (Å²) in [5, 5.41) is 5.04. The van der Waals surface area contributed by atoms with Gasteiger partial charge >= 0.3 is 0 Å². The van der Waals surface area contributed by atoms with E-state index in [1.54, 1.807) is 0 Å². The van der Waals surface area contributed by atoms with Crippen LogP contribution in [0.25, 0.3) is 22.0 Å². The third-order valence-electron chi connectivity index (χ3n) is 7.45. The zero-order chi connectivity index (χ0) is 25.5. The van der Waals surface area contributed by atoms with Crippen molar-refractivity contribution in [3.05, 3.63) is 71.4 Å². The second-order valence-corrected chi connectivity index (χ2v) is 10.2. The minimum Gasteiger partial charge on any atom is -0.377 e. The summed E-state index contributed by atoms with van der Waals surface area (Å²) in [6, 6.07) is 16.4. The van der Waals surface area contributed by atoms with Gasteiger partial charge in [-0.2, -0.15) is 0 Å². The van der Waals surface area contributed by atoms with Crippen molar-refractivity contribution in [3.8, 4) is 11.1 Å². The number of ether oxygens (including phenoxy) is 1. The molecule has 8 nitrogen and oxygen atoms in total. The van der Waals surface area contributed by atoms with Crippen LogP contribution in [0.2, 0.25) is 0 Å². The third kappa shape index (κ3) is 4.51. The van der Waals surface area contributed by atoms with Crippen LogP contribution in [0.1, 0.15) is 40.1 Å². The Balaban J connectivity index is 1.48. The molecule has 0 saturated carbocycles. The van der Waals surface area contributed by atoms with E-state index in [9.17, 15) is 4.79 Å². The highest BCUT2D eigenvalue weighted by Gasteiger charge is 2.31. The lowest BCUT2D eigenvalue weighted by Gasteiger charge is -2.37. The molecule has 1 atom stereocenters. The molecule has 2 aliphatic heterocycles. The monoisotopic (exact) mass is 497 g/mol. The summed E-state index contributed by atoms with van der Waals surface area (Å²) in [5.74, 6) is 2.19. The van der Waals surface area contributed by atoms with Crippen LogP contribution in [-0.2, 0) is 4.74 Å². The van der Waals surface area contributed by atoms with Gasteiger partial charge < -0.3 is 19.1 Å². The van der Waals surface area contributed by atoms with Gasteiger partial charge in [0.2, 0.25) is 5.78 Å². The third-order valence-corrected chi connectivity index (χ3v) is 7.45. The zero-order valence-electron chi connectivity index (χ0n) is 21.5. The van der Waals surface area contributed by atoms with Crippen molar-refractivity contribution in [1.29, 1.82) is 0 Å². The Labute approximate surface area is 216 Å². The summed E-state index contributed by atoms with van der Waals surface area (Å²) < 4.78 is 11.3. The van der Waals surface area contributed by atoms with Crippen LogP contribution in [0.3, 0.4) is 0 Å². The van der Waals surface area contributed by atoms with E-state index in [4.69, 9.17) is 19.2 Å². The largest absolute Gasteiger partial charge is 0.377 e. The Morgan fingerprint density at radius 1 is 1.08 bits per heavy atom. The maximum atomic E-state index is 13.3. The summed E-state index contributed by atoms with van der Waals surface area (Å²) in [7, 11) is 2.07. The molecular weight excluding hydrogens is 466 g/mol. The fraction of sp³-hybridized carbons (Fsp3) is 0.379. The Bertz CT molecular complexity index is 1430. The van der Waals surface area contributed by atoms with Crippen molar-refractivity contribution in [2.24, 2.45) is 5.92 Å². The molecule has 2 saturated heterocycles. The number of ketones is 1. The smallest absolute Gasteiger partial charge is 0.200 e. The molecule has 0 amide bonds. The van der Waals surface area contributed by atoms with Gasteiger partial charge in [-0.15, -0.1) is 0 Å². The van der Waals surface area contributed by atoms with Crippen LogP contribution in [-0.4, -0.2) is 65.7 Å². The fourth-order valence-corrected chi connectivity index (χ4v) is 5.63. The maximum absolute atomic E-state index is 13.3. The molecule has 0 bridgehead atoms. The number of carbonyl (C=O) groups is 1. The van der Waals surface area contributed by atoms with Gasteiger partial charge in [0.15, 0.2) is 5.82 Å². The molecule has 2 aliphatic rings. The average Bonchev–Trinajstić information content (AvgIpc) is 3.24. The van der Waals surface area contributed by atoms with Gasteiger partial charge in [0.05, 0.1) is 30.5 Å². The Morgan fingerprint density at radius 2 is 1.89 bits per heavy atom. The highest BCUT2D eigenvalue weighted by Crippen LogP contribution is 2.36. The highest BCUT2D eigenvalue weighted by molar-refractivity contribution is 5.99. The highest BCUT2D eigenvalue weighted by atomic mass is 16.5. The van der Waals surface area contributed by atoms with Crippen LogP contribution >= 0.6 is 0 Å². The van der Waals surface area contributed by atoms with Crippen molar-refractivity contribution >= 4 is 22.5 Å². The molecular formula is C29H31N5O3. The second kappa shape index (κ2) is 9.68. The summed E-state index contributed by atoms with van der Waals surface area (Å²) in [6.07, 6.45) is 0.470. The number of morpholine rings is 1. The molecule has 0 aliphatic carbocycles. The molecule has 4 heterocycles. The molecule has 2 fully saturated rings. The van der Waals surface area contributed by atoms with Gasteiger partial charge in [-0.3, -0.25) is 4.79 Å². The first-order valence-electron chi connectivity index (χ1n) is 12.8. The van der Waals surface area contributed by atoms with Crippen LogP contribution in [0.15, 0.2) is 53.1 Å². The number of anilines is 1. The molecule has 0 unspecified atom stereocenters. The number of rotatable bonds is 6. The maximum Gasteiger partial charge on any atom is 0.200 e. The van der Waals surface area contributed by atoms with Crippen LogP contribution in [0.4, 0.5) is 5.82 Å². The minimum atomic E-state index is -0.0148. The molecule has 4 aromatic rings. The summed E-state index contributed by atoms with van der Waals surface area (Å²) in [4.78, 5) is 27.5. The Hall–Kier alpha value is -3.62. The van der Waals surface area contributed by atoms with Crippen molar-refractivity contribution in [3.63, 3.8) is 0 Å². The number of hydrogen-bond donors (Lipinski definition) is 0. The molecule has 8 heteroatoms. The number of benzene rings is 2. The first-order valence-corrected chi connectivity index (χ1v) is 12.8. The van der Waals surface area contributed by atoms with Gasteiger partial charge in [-0.05, 0) is 50.1 Å². The van der Waals surface area contributed by atoms with E-state index in [1.165, 1.54) is 0 Å². The summed E-state index contributed by atoms with van der Waals surface area (Å²) in [6.45, 7) is 7.55. The molecule has 0 N–H and O–H groups in total. The van der Waals surface area contributed by atoms with E-state index in [2.05, 4.69) is 40.2 Å². The van der Waals surface area contributed by atoms with E-state index in [-0.39, 0.29) is 11.8 Å². The lowest BCUT2D eigenvalue weighted by molar-refractivity contribution is 0.0826. The van der Waals surface area contributed by atoms with E-state index < -0.39 is 0 Å². The van der Waals surface area contributed by atoms with E-state index >= 15 is 0 Å². The van der Waals surface area contributed by atoms with Gasteiger partial charge in [-0.1, -0.05) is 41.6 Å². The molecule has 190 valence electrons. The number of aryl methyl sites for hydroxylation is 2. The first-order chi connectivity index (χ1) is 18.0. The van der Waals surface area contributed by atoms with Crippen molar-refractivity contribution < 1.29 is 14.1 Å². The number of nitrogens with zero attached hydrogens (tertiary/aromatic N) is 5. The topological polar surface area (TPSA) is 84.6 Å². The van der Waals surface area contributed by atoms with Crippen molar-refractivity contribution in [2.75, 3.05) is 44.8 Å². The molecule has 2 aromatic heterocycles. The number of carbonyl (C=O) groups excluding carboxylic acids is 1. The normalized spacial score (nSPS) is 18.8. The van der Waals surface area contributed by atoms with Gasteiger partial charge in [-0.25, -0.2) is 9.97 Å². The van der Waals surface area contributed by atoms with Crippen LogP contribution < -0.4 is 4.90 Å². The van der Waals surface area contributed by atoms with E-state index in [1.807, 2.05) is 44.2 Å². The molecule has 6 rings (SSSR count). The lowest BCUT2D eigenvalue weighted by Crippen LogP contribution is -2.44. The molecule has 0 radical (unpaired) electrons. The molecule has 2 aromatic carbocycles. The standard InChI is InChI=1S/C29H31N5O3/c1-18-27(19(2)37-32-18)22-9-10-24-23(14-22)29(31-28(30-24)26(35)13-20-15-33(3)16-20)34-11-12-36-17-25(34)21-7-5-4-6-8-21/h4-10,14,20,25H,11-13,15-17H2,1-3H3/t25-/m1/s1. The lowest BCUT2D eigenvalue weighted by atomic mass is 9.94. The minimum absolute atomic E-state index is 0.000528. The second-order valence-electron chi connectivity index (χ2n) is 10.2. The summed E-state index contributed by atoms with van der Waals surface area (Å²) >= 11 is 0. The van der Waals surface area contributed by atoms with Gasteiger partial charge in [0.25, 0.3) is 0 Å². The van der Waals surface area contributed by atoms with Crippen LogP contribution in [0.5, 0.6) is 0 Å². The first kappa shape index (κ1) is 23.8. The van der Waals surface area contributed by atoms with Gasteiger partial charge in [0, 0.05) is 37.0 Å². The number of likely N-dealkylation sites (tertiary alicyclic amines) is 1. The average molecular weight is 498 g/mol. The quantitative estimate of drug-likeness (QED) is 0.357. The predicted molar refractivity (Wildman–Crippen MR) is 142 cm³/mol. The number of hydrogen-bond acceptors (Lipinski definition) is 8. The molecule has 37 heavy (non-hydrogen) atoms. The van der Waals surface area contributed by atoms with Crippen LogP contribution in [0, 0.1) is 19.8 Å². The Kier molecular flexibility index (Phi) is 6.22. The number of fused-ring (bicyclic) bond motifs is 1. The molecule has 0 spiro atoms. The van der Waals surface area contributed by atoms with E-state index in [0.29, 0.717) is 37.9 Å². The van der Waals surface area contributed by atoms with Crippen molar-refractivity contribution in [1.82, 2.24) is 20.0 Å². The SMILES string of the molecule is Cc1noc(C)c1-c1ccc2nc(C(=O)CC3CN(C)C3)nc(N3CCOC[C@@H]3c3ccccc3)c2c1. The fourth-order valence-electron chi connectivity index (χ4n) is 5.63. The number of aromatic nitrogens is 3.